The highest BCUT2D eigenvalue weighted by atomic mass is 32.2. The van der Waals surface area contributed by atoms with Crippen LogP contribution in [-0.4, -0.2) is 16.5 Å². The van der Waals surface area contributed by atoms with Crippen molar-refractivity contribution in [1.29, 1.82) is 0 Å². The smallest absolute Gasteiger partial charge is 0.123 e. The maximum absolute atomic E-state index is 13.3. The molecule has 0 fully saturated rings. The maximum Gasteiger partial charge on any atom is 0.123 e. The first-order valence-electron chi connectivity index (χ1n) is 6.22. The molecule has 1 N–H and O–H groups in total. The van der Waals surface area contributed by atoms with E-state index in [0.717, 1.165) is 28.5 Å². The van der Waals surface area contributed by atoms with Crippen molar-refractivity contribution < 1.29 is 4.39 Å². The molecule has 0 bridgehead atoms. The first-order valence-corrected chi connectivity index (χ1v) is 7.04. The molecule has 0 radical (unpaired) electrons. The lowest BCUT2D eigenvalue weighted by Crippen LogP contribution is -2.14. The lowest BCUT2D eigenvalue weighted by atomic mass is 10.2. The van der Waals surface area contributed by atoms with Crippen molar-refractivity contribution in [2.75, 3.05) is 6.54 Å². The minimum Gasteiger partial charge on any atom is -0.313 e. The Morgan fingerprint density at radius 3 is 2.95 bits per heavy atom. The van der Waals surface area contributed by atoms with Gasteiger partial charge in [-0.2, -0.15) is 0 Å². The van der Waals surface area contributed by atoms with Gasteiger partial charge in [0.1, 0.15) is 17.2 Å². The Labute approximate surface area is 116 Å². The summed E-state index contributed by atoms with van der Waals surface area (Å²) < 4.78 is 13.3. The van der Waals surface area contributed by atoms with E-state index in [1.165, 1.54) is 24.2 Å². The molecule has 0 aliphatic rings. The molecule has 0 unspecified atom stereocenters. The van der Waals surface area contributed by atoms with E-state index in [1.807, 2.05) is 6.07 Å². The lowest BCUT2D eigenvalue weighted by molar-refractivity contribution is 0.615. The molecule has 0 aliphatic carbocycles. The molecule has 0 aliphatic heterocycles. The molecule has 100 valence electrons. The number of nitrogens with one attached hydrogen (secondary N) is 1. The van der Waals surface area contributed by atoms with Gasteiger partial charge in [0.2, 0.25) is 0 Å². The van der Waals surface area contributed by atoms with Gasteiger partial charge in [-0.3, -0.25) is 0 Å². The van der Waals surface area contributed by atoms with Crippen molar-refractivity contribution in [3.8, 4) is 0 Å². The summed E-state index contributed by atoms with van der Waals surface area (Å²) in [5.74, 6) is -0.208. The number of hydrogen-bond acceptors (Lipinski definition) is 4. The second-order valence-electron chi connectivity index (χ2n) is 4.08. The van der Waals surface area contributed by atoms with Gasteiger partial charge < -0.3 is 5.32 Å². The minimum absolute atomic E-state index is 0.208. The Bertz CT molecular complexity index is 519. The fraction of sp³-hybridized carbons (Fsp3) is 0.286. The van der Waals surface area contributed by atoms with Gasteiger partial charge in [0.25, 0.3) is 0 Å². The van der Waals surface area contributed by atoms with Crippen molar-refractivity contribution in [2.24, 2.45) is 0 Å². The standard InChI is InChI=1S/C14H16FN3S/c1-2-6-16-9-11-8-12(15)3-4-13(11)19-14-5-7-17-10-18-14/h3-5,7-8,10,16H,2,6,9H2,1H3. The normalized spacial score (nSPS) is 10.6. The number of hydrogen-bond donors (Lipinski definition) is 1. The third-order valence-electron chi connectivity index (χ3n) is 2.53. The monoisotopic (exact) mass is 277 g/mol. The number of benzene rings is 1. The summed E-state index contributed by atoms with van der Waals surface area (Å²) in [6.07, 6.45) is 4.28. The first-order chi connectivity index (χ1) is 9.29. The predicted molar refractivity (Wildman–Crippen MR) is 74.6 cm³/mol. The van der Waals surface area contributed by atoms with Crippen molar-refractivity contribution >= 4 is 11.8 Å². The van der Waals surface area contributed by atoms with Crippen LogP contribution >= 0.6 is 11.8 Å². The molecular weight excluding hydrogens is 261 g/mol. The fourth-order valence-electron chi connectivity index (χ4n) is 1.64. The van der Waals surface area contributed by atoms with Crippen LogP contribution in [0.15, 0.2) is 46.7 Å². The van der Waals surface area contributed by atoms with Gasteiger partial charge >= 0.3 is 0 Å². The summed E-state index contributed by atoms with van der Waals surface area (Å²) in [5, 5.41) is 4.15. The summed E-state index contributed by atoms with van der Waals surface area (Å²) in [4.78, 5) is 9.08. The van der Waals surface area contributed by atoms with Crippen molar-refractivity contribution in [3.63, 3.8) is 0 Å². The van der Waals surface area contributed by atoms with Gasteiger partial charge in [-0.25, -0.2) is 14.4 Å². The molecule has 1 aromatic carbocycles. The average molecular weight is 277 g/mol. The van der Waals surface area contributed by atoms with Crippen LogP contribution in [0, 0.1) is 5.82 Å². The van der Waals surface area contributed by atoms with Crippen molar-refractivity contribution in [3.05, 3.63) is 48.2 Å². The molecule has 19 heavy (non-hydrogen) atoms. The van der Waals surface area contributed by atoms with Crippen LogP contribution in [0.1, 0.15) is 18.9 Å². The van der Waals surface area contributed by atoms with Crippen LogP contribution < -0.4 is 5.32 Å². The molecule has 2 aromatic rings. The largest absolute Gasteiger partial charge is 0.313 e. The average Bonchev–Trinajstić information content (AvgIpc) is 2.43. The topological polar surface area (TPSA) is 37.8 Å². The van der Waals surface area contributed by atoms with Crippen LogP contribution in [0.5, 0.6) is 0 Å². The Morgan fingerprint density at radius 1 is 1.32 bits per heavy atom. The van der Waals surface area contributed by atoms with Crippen molar-refractivity contribution in [2.45, 2.75) is 29.8 Å². The van der Waals surface area contributed by atoms with Crippen LogP contribution in [0.3, 0.4) is 0 Å². The van der Waals surface area contributed by atoms with Gasteiger partial charge in [-0.05, 0) is 42.8 Å². The maximum atomic E-state index is 13.3. The van der Waals surface area contributed by atoms with E-state index in [9.17, 15) is 4.39 Å². The number of halogens is 1. The molecule has 0 spiro atoms. The quantitative estimate of drug-likeness (QED) is 0.649. The predicted octanol–water partition coefficient (Wildman–Crippen LogP) is 3.27. The zero-order valence-corrected chi connectivity index (χ0v) is 11.6. The Balaban J connectivity index is 2.14. The molecular formula is C14H16FN3S. The summed E-state index contributed by atoms with van der Waals surface area (Å²) in [6, 6.07) is 6.70. The minimum atomic E-state index is -0.208. The summed E-state index contributed by atoms with van der Waals surface area (Å²) in [5.41, 5.74) is 0.956. The van der Waals surface area contributed by atoms with E-state index in [2.05, 4.69) is 22.2 Å². The molecule has 0 atom stereocenters. The van der Waals surface area contributed by atoms with Crippen LogP contribution in [0.2, 0.25) is 0 Å². The second kappa shape index (κ2) is 7.21. The highest BCUT2D eigenvalue weighted by Gasteiger charge is 2.06. The summed E-state index contributed by atoms with van der Waals surface area (Å²) in [6.45, 7) is 3.70. The molecule has 0 saturated carbocycles. The molecule has 2 rings (SSSR count). The first kappa shape index (κ1) is 14.0. The fourth-order valence-corrected chi connectivity index (χ4v) is 2.49. The third kappa shape index (κ3) is 4.29. The molecule has 0 saturated heterocycles. The SMILES string of the molecule is CCCNCc1cc(F)ccc1Sc1ccncn1. The van der Waals surface area contributed by atoms with Gasteiger partial charge in [0.15, 0.2) is 0 Å². The van der Waals surface area contributed by atoms with Gasteiger partial charge in [0.05, 0.1) is 0 Å². The van der Waals surface area contributed by atoms with Crippen LogP contribution in [-0.2, 0) is 6.54 Å². The Hall–Kier alpha value is -1.46. The zero-order valence-electron chi connectivity index (χ0n) is 10.8. The second-order valence-corrected chi connectivity index (χ2v) is 5.14. The molecule has 0 amide bonds. The lowest BCUT2D eigenvalue weighted by Gasteiger charge is -2.09. The van der Waals surface area contributed by atoms with E-state index in [1.54, 1.807) is 18.3 Å². The van der Waals surface area contributed by atoms with E-state index in [0.29, 0.717) is 6.54 Å². The van der Waals surface area contributed by atoms with Gasteiger partial charge in [-0.1, -0.05) is 18.7 Å². The zero-order chi connectivity index (χ0) is 13.5. The molecule has 1 aromatic heterocycles. The number of aromatic nitrogens is 2. The third-order valence-corrected chi connectivity index (χ3v) is 3.60. The van der Waals surface area contributed by atoms with E-state index in [4.69, 9.17) is 0 Å². The van der Waals surface area contributed by atoms with E-state index in [-0.39, 0.29) is 5.82 Å². The summed E-state index contributed by atoms with van der Waals surface area (Å²) >= 11 is 1.52. The molecule has 1 heterocycles. The highest BCUT2D eigenvalue weighted by molar-refractivity contribution is 7.99. The van der Waals surface area contributed by atoms with Crippen LogP contribution in [0.4, 0.5) is 4.39 Å². The number of nitrogens with zero attached hydrogens (tertiary/aromatic N) is 2. The number of rotatable bonds is 6. The highest BCUT2D eigenvalue weighted by Crippen LogP contribution is 2.29. The van der Waals surface area contributed by atoms with Crippen molar-refractivity contribution in [1.82, 2.24) is 15.3 Å². The molecule has 3 nitrogen and oxygen atoms in total. The van der Waals surface area contributed by atoms with E-state index < -0.39 is 0 Å². The van der Waals surface area contributed by atoms with Crippen LogP contribution in [0.25, 0.3) is 0 Å². The Morgan fingerprint density at radius 2 is 2.21 bits per heavy atom. The summed E-state index contributed by atoms with van der Waals surface area (Å²) in [7, 11) is 0. The Kier molecular flexibility index (Phi) is 5.30. The van der Waals surface area contributed by atoms with Gasteiger partial charge in [-0.15, -0.1) is 0 Å². The van der Waals surface area contributed by atoms with E-state index >= 15 is 0 Å². The van der Waals surface area contributed by atoms with Gasteiger partial charge in [0, 0.05) is 17.6 Å². The molecule has 5 heteroatoms.